The zero-order valence-electron chi connectivity index (χ0n) is 10.3. The number of ether oxygens (including phenoxy) is 1. The van der Waals surface area contributed by atoms with Gasteiger partial charge < -0.3 is 15.6 Å². The van der Waals surface area contributed by atoms with E-state index in [2.05, 4.69) is 0 Å². The Bertz CT molecular complexity index is 394. The Morgan fingerprint density at radius 1 is 1.22 bits per heavy atom. The molecule has 4 heteroatoms. The molecule has 0 heterocycles. The standard InChI is InChI=1S/C14H19NO3/c15-11-3-7-13(8-4-11)18-12-5-1-10(2-6-12)9-14(16)17/h1-2,5-6,11,13H,3-4,7-9,15H2,(H,16,17). The van der Waals surface area contributed by atoms with Crippen LogP contribution in [0.15, 0.2) is 24.3 Å². The van der Waals surface area contributed by atoms with Crippen LogP contribution in [0.3, 0.4) is 0 Å². The summed E-state index contributed by atoms with van der Waals surface area (Å²) in [7, 11) is 0. The van der Waals surface area contributed by atoms with Crippen molar-refractivity contribution in [3.63, 3.8) is 0 Å². The van der Waals surface area contributed by atoms with Crippen LogP contribution in [0.25, 0.3) is 0 Å². The predicted octanol–water partition coefficient (Wildman–Crippen LogP) is 1.96. The summed E-state index contributed by atoms with van der Waals surface area (Å²) in [5.74, 6) is -0.00505. The molecule has 1 aliphatic rings. The zero-order chi connectivity index (χ0) is 13.0. The maximum absolute atomic E-state index is 10.6. The molecule has 0 amide bonds. The van der Waals surface area contributed by atoms with E-state index >= 15 is 0 Å². The monoisotopic (exact) mass is 249 g/mol. The van der Waals surface area contributed by atoms with Crippen LogP contribution in [0.5, 0.6) is 5.75 Å². The van der Waals surface area contributed by atoms with E-state index in [4.69, 9.17) is 15.6 Å². The predicted molar refractivity (Wildman–Crippen MR) is 68.6 cm³/mol. The Balaban J connectivity index is 1.88. The van der Waals surface area contributed by atoms with Crippen molar-refractivity contribution in [3.8, 4) is 5.75 Å². The molecule has 18 heavy (non-hydrogen) atoms. The molecule has 98 valence electrons. The Hall–Kier alpha value is -1.55. The van der Waals surface area contributed by atoms with Gasteiger partial charge in [-0.25, -0.2) is 0 Å². The van der Waals surface area contributed by atoms with Crippen LogP contribution in [0, 0.1) is 0 Å². The van der Waals surface area contributed by atoms with Crippen molar-refractivity contribution in [2.45, 2.75) is 44.2 Å². The average molecular weight is 249 g/mol. The smallest absolute Gasteiger partial charge is 0.307 e. The first-order chi connectivity index (χ1) is 8.63. The lowest BCUT2D eigenvalue weighted by Crippen LogP contribution is -2.31. The fraction of sp³-hybridized carbons (Fsp3) is 0.500. The Morgan fingerprint density at radius 3 is 2.39 bits per heavy atom. The summed E-state index contributed by atoms with van der Waals surface area (Å²) >= 11 is 0. The molecular weight excluding hydrogens is 230 g/mol. The van der Waals surface area contributed by atoms with Gasteiger partial charge in [0.2, 0.25) is 0 Å². The largest absolute Gasteiger partial charge is 0.490 e. The summed E-state index contributed by atoms with van der Waals surface area (Å²) in [6.45, 7) is 0. The van der Waals surface area contributed by atoms with Crippen molar-refractivity contribution >= 4 is 5.97 Å². The molecule has 0 aromatic heterocycles. The van der Waals surface area contributed by atoms with Gasteiger partial charge in [0.25, 0.3) is 0 Å². The molecule has 0 atom stereocenters. The summed E-state index contributed by atoms with van der Waals surface area (Å²) in [6.07, 6.45) is 4.33. The molecule has 1 saturated carbocycles. The van der Waals surface area contributed by atoms with Crippen molar-refractivity contribution < 1.29 is 14.6 Å². The molecule has 0 aliphatic heterocycles. The minimum Gasteiger partial charge on any atom is -0.490 e. The molecule has 1 aromatic rings. The maximum atomic E-state index is 10.6. The third kappa shape index (κ3) is 3.74. The molecule has 1 fully saturated rings. The summed E-state index contributed by atoms with van der Waals surface area (Å²) < 4.78 is 5.86. The zero-order valence-corrected chi connectivity index (χ0v) is 10.3. The number of benzene rings is 1. The average Bonchev–Trinajstić information content (AvgIpc) is 2.34. The van der Waals surface area contributed by atoms with Gasteiger partial charge in [0, 0.05) is 6.04 Å². The molecule has 0 radical (unpaired) electrons. The van der Waals surface area contributed by atoms with Crippen molar-refractivity contribution in [1.29, 1.82) is 0 Å². The number of nitrogens with two attached hydrogens (primary N) is 1. The van der Waals surface area contributed by atoms with Gasteiger partial charge in [0.15, 0.2) is 0 Å². The Kier molecular flexibility index (Phi) is 4.20. The number of rotatable bonds is 4. The molecule has 0 unspecified atom stereocenters. The second kappa shape index (κ2) is 5.87. The van der Waals surface area contributed by atoms with Gasteiger partial charge in [0.1, 0.15) is 5.75 Å². The van der Waals surface area contributed by atoms with Crippen molar-refractivity contribution in [1.82, 2.24) is 0 Å². The highest BCUT2D eigenvalue weighted by Crippen LogP contribution is 2.23. The van der Waals surface area contributed by atoms with Crippen molar-refractivity contribution in [2.75, 3.05) is 0 Å². The van der Waals surface area contributed by atoms with E-state index in [1.165, 1.54) is 0 Å². The molecule has 1 aliphatic carbocycles. The molecule has 3 N–H and O–H groups in total. The maximum Gasteiger partial charge on any atom is 0.307 e. The number of aliphatic carboxylic acids is 1. The molecular formula is C14H19NO3. The van der Waals surface area contributed by atoms with Gasteiger partial charge in [0.05, 0.1) is 12.5 Å². The van der Waals surface area contributed by atoms with Crippen molar-refractivity contribution in [3.05, 3.63) is 29.8 Å². The van der Waals surface area contributed by atoms with Gasteiger partial charge in [-0.3, -0.25) is 4.79 Å². The van der Waals surface area contributed by atoms with E-state index in [9.17, 15) is 4.79 Å². The molecule has 0 bridgehead atoms. The van der Waals surface area contributed by atoms with Crippen LogP contribution in [0.2, 0.25) is 0 Å². The SMILES string of the molecule is NC1CCC(Oc2ccc(CC(=O)O)cc2)CC1. The van der Waals surface area contributed by atoms with E-state index in [1.807, 2.05) is 12.1 Å². The normalized spacial score (nSPS) is 23.6. The first kappa shape index (κ1) is 12.9. The van der Waals surface area contributed by atoms with Gasteiger partial charge >= 0.3 is 5.97 Å². The highest BCUT2D eigenvalue weighted by Gasteiger charge is 2.19. The van der Waals surface area contributed by atoms with Crippen molar-refractivity contribution in [2.24, 2.45) is 5.73 Å². The molecule has 0 spiro atoms. The number of hydrogen-bond donors (Lipinski definition) is 2. The minimum atomic E-state index is -0.815. The van der Waals surface area contributed by atoms with Crippen LogP contribution in [-0.4, -0.2) is 23.2 Å². The first-order valence-corrected chi connectivity index (χ1v) is 6.36. The van der Waals surface area contributed by atoms with Crippen LogP contribution in [0.4, 0.5) is 0 Å². The summed E-state index contributed by atoms with van der Waals surface area (Å²) in [4.78, 5) is 10.6. The van der Waals surface area contributed by atoms with E-state index < -0.39 is 5.97 Å². The fourth-order valence-corrected chi connectivity index (χ4v) is 2.26. The lowest BCUT2D eigenvalue weighted by atomic mass is 9.94. The fourth-order valence-electron chi connectivity index (χ4n) is 2.26. The van der Waals surface area contributed by atoms with Crippen LogP contribution in [-0.2, 0) is 11.2 Å². The lowest BCUT2D eigenvalue weighted by Gasteiger charge is -2.26. The lowest BCUT2D eigenvalue weighted by molar-refractivity contribution is -0.136. The van der Waals surface area contributed by atoms with E-state index in [1.54, 1.807) is 12.1 Å². The molecule has 4 nitrogen and oxygen atoms in total. The third-order valence-corrected chi connectivity index (χ3v) is 3.30. The van der Waals surface area contributed by atoms with Gasteiger partial charge in [-0.1, -0.05) is 12.1 Å². The number of hydrogen-bond acceptors (Lipinski definition) is 3. The highest BCUT2D eigenvalue weighted by atomic mass is 16.5. The third-order valence-electron chi connectivity index (χ3n) is 3.30. The molecule has 0 saturated heterocycles. The van der Waals surface area contributed by atoms with E-state index in [0.29, 0.717) is 6.04 Å². The van der Waals surface area contributed by atoms with Crippen LogP contribution < -0.4 is 10.5 Å². The summed E-state index contributed by atoms with van der Waals surface area (Å²) in [5.41, 5.74) is 6.64. The minimum absolute atomic E-state index is 0.0541. The summed E-state index contributed by atoms with van der Waals surface area (Å²) in [5, 5.41) is 8.68. The number of carboxylic acid groups (broad SMARTS) is 1. The number of carboxylic acids is 1. The van der Waals surface area contributed by atoms with Gasteiger partial charge in [-0.05, 0) is 43.4 Å². The number of carbonyl (C=O) groups is 1. The first-order valence-electron chi connectivity index (χ1n) is 6.36. The molecule has 1 aromatic carbocycles. The Morgan fingerprint density at radius 2 is 1.83 bits per heavy atom. The summed E-state index contributed by atoms with van der Waals surface area (Å²) in [6, 6.07) is 7.61. The highest BCUT2D eigenvalue weighted by molar-refractivity contribution is 5.70. The van der Waals surface area contributed by atoms with E-state index in [0.717, 1.165) is 37.0 Å². The van der Waals surface area contributed by atoms with Crippen LogP contribution >= 0.6 is 0 Å². The molecule has 2 rings (SSSR count). The topological polar surface area (TPSA) is 72.5 Å². The van der Waals surface area contributed by atoms with E-state index in [-0.39, 0.29) is 12.5 Å². The quantitative estimate of drug-likeness (QED) is 0.855. The second-order valence-electron chi connectivity index (χ2n) is 4.87. The Labute approximate surface area is 107 Å². The van der Waals surface area contributed by atoms with Gasteiger partial charge in [-0.15, -0.1) is 0 Å². The van der Waals surface area contributed by atoms with Crippen LogP contribution in [0.1, 0.15) is 31.2 Å². The van der Waals surface area contributed by atoms with Gasteiger partial charge in [-0.2, -0.15) is 0 Å². The second-order valence-corrected chi connectivity index (χ2v) is 4.87.